The van der Waals surface area contributed by atoms with Crippen LogP contribution in [0.4, 0.5) is 0 Å². The SMILES string of the molecule is COc1ccc(/C=C(/NC(=O)c2ccc(OCC(C)C)cc2)C(=O)NCCOC(C)=O)cc1. The molecule has 2 aromatic rings. The first-order valence-corrected chi connectivity index (χ1v) is 10.6. The number of hydrogen-bond donors (Lipinski definition) is 2. The van der Waals surface area contributed by atoms with Crippen LogP contribution in [0, 0.1) is 5.92 Å². The molecule has 0 heterocycles. The first-order chi connectivity index (χ1) is 15.8. The van der Waals surface area contributed by atoms with Crippen LogP contribution in [0.15, 0.2) is 54.2 Å². The Morgan fingerprint density at radius 1 is 0.970 bits per heavy atom. The Kier molecular flexibility index (Phi) is 9.95. The number of nitrogens with one attached hydrogen (secondary N) is 2. The van der Waals surface area contributed by atoms with E-state index in [0.717, 1.165) is 0 Å². The number of esters is 1. The van der Waals surface area contributed by atoms with Gasteiger partial charge >= 0.3 is 5.97 Å². The van der Waals surface area contributed by atoms with Gasteiger partial charge in [-0.1, -0.05) is 26.0 Å². The van der Waals surface area contributed by atoms with E-state index in [9.17, 15) is 14.4 Å². The van der Waals surface area contributed by atoms with E-state index in [-0.39, 0.29) is 18.8 Å². The molecule has 2 N–H and O–H groups in total. The molecule has 0 aromatic heterocycles. The Bertz CT molecular complexity index is 965. The van der Waals surface area contributed by atoms with Gasteiger partial charge in [0, 0.05) is 12.5 Å². The van der Waals surface area contributed by atoms with Crippen LogP contribution < -0.4 is 20.1 Å². The van der Waals surface area contributed by atoms with Gasteiger partial charge in [-0.25, -0.2) is 0 Å². The molecule has 8 nitrogen and oxygen atoms in total. The van der Waals surface area contributed by atoms with E-state index in [2.05, 4.69) is 24.5 Å². The summed E-state index contributed by atoms with van der Waals surface area (Å²) in [5.41, 5.74) is 1.12. The number of amides is 2. The van der Waals surface area contributed by atoms with Crippen LogP contribution in [0.25, 0.3) is 6.08 Å². The van der Waals surface area contributed by atoms with E-state index in [1.807, 2.05) is 0 Å². The van der Waals surface area contributed by atoms with E-state index < -0.39 is 17.8 Å². The highest BCUT2D eigenvalue weighted by Gasteiger charge is 2.15. The molecule has 0 fully saturated rings. The topological polar surface area (TPSA) is 103 Å². The lowest BCUT2D eigenvalue weighted by molar-refractivity contribution is -0.141. The monoisotopic (exact) mass is 454 g/mol. The van der Waals surface area contributed by atoms with Gasteiger partial charge in [-0.15, -0.1) is 0 Å². The Hall–Kier alpha value is -3.81. The summed E-state index contributed by atoms with van der Waals surface area (Å²) in [7, 11) is 1.56. The second kappa shape index (κ2) is 12.9. The number of hydrogen-bond acceptors (Lipinski definition) is 6. The van der Waals surface area contributed by atoms with E-state index in [1.54, 1.807) is 61.7 Å². The van der Waals surface area contributed by atoms with E-state index in [0.29, 0.717) is 35.2 Å². The summed E-state index contributed by atoms with van der Waals surface area (Å²) in [6, 6.07) is 13.7. The van der Waals surface area contributed by atoms with Gasteiger partial charge in [0.25, 0.3) is 11.8 Å². The molecule has 2 rings (SSSR count). The summed E-state index contributed by atoms with van der Waals surface area (Å²) >= 11 is 0. The predicted molar refractivity (Wildman–Crippen MR) is 125 cm³/mol. The van der Waals surface area contributed by atoms with Crippen molar-refractivity contribution in [3.8, 4) is 11.5 Å². The maximum atomic E-state index is 12.8. The molecule has 0 aliphatic carbocycles. The first kappa shape index (κ1) is 25.5. The van der Waals surface area contributed by atoms with E-state index in [1.165, 1.54) is 6.92 Å². The number of ether oxygens (including phenoxy) is 3. The standard InChI is InChI=1S/C25H30N2O6/c1-17(2)16-33-22-11-7-20(8-12-22)24(29)27-23(25(30)26-13-14-32-18(3)28)15-19-5-9-21(31-4)10-6-19/h5-12,15,17H,13-14,16H2,1-4H3,(H,26,30)(H,27,29)/b23-15+. The normalized spacial score (nSPS) is 11.0. The van der Waals surface area contributed by atoms with Crippen LogP contribution >= 0.6 is 0 Å². The third-order valence-electron chi connectivity index (χ3n) is 4.31. The quantitative estimate of drug-likeness (QED) is 0.307. The highest BCUT2D eigenvalue weighted by atomic mass is 16.5. The van der Waals surface area contributed by atoms with Gasteiger partial charge < -0.3 is 24.8 Å². The van der Waals surface area contributed by atoms with E-state index in [4.69, 9.17) is 14.2 Å². The summed E-state index contributed by atoms with van der Waals surface area (Å²) < 4.78 is 15.6. The molecule has 2 amide bonds. The van der Waals surface area contributed by atoms with Crippen LogP contribution in [0.5, 0.6) is 11.5 Å². The minimum Gasteiger partial charge on any atom is -0.497 e. The molecule has 8 heteroatoms. The molecule has 0 unspecified atom stereocenters. The fourth-order valence-corrected chi connectivity index (χ4v) is 2.64. The summed E-state index contributed by atoms with van der Waals surface area (Å²) in [6.45, 7) is 6.11. The second-order valence-corrected chi connectivity index (χ2v) is 7.61. The smallest absolute Gasteiger partial charge is 0.302 e. The molecule has 0 radical (unpaired) electrons. The molecule has 176 valence electrons. The second-order valence-electron chi connectivity index (χ2n) is 7.61. The fourth-order valence-electron chi connectivity index (χ4n) is 2.64. The molecule has 0 bridgehead atoms. The molecule has 0 aliphatic heterocycles. The lowest BCUT2D eigenvalue weighted by Gasteiger charge is -2.12. The van der Waals surface area contributed by atoms with Crippen molar-refractivity contribution in [2.45, 2.75) is 20.8 Å². The number of carbonyl (C=O) groups excluding carboxylic acids is 3. The highest BCUT2D eigenvalue weighted by Crippen LogP contribution is 2.15. The molecule has 0 saturated heterocycles. The summed E-state index contributed by atoms with van der Waals surface area (Å²) in [5, 5.41) is 5.29. The lowest BCUT2D eigenvalue weighted by atomic mass is 10.1. The molecule has 0 aliphatic rings. The molecule has 0 saturated carbocycles. The van der Waals surface area contributed by atoms with Gasteiger partial charge in [0.1, 0.15) is 23.8 Å². The fraction of sp³-hybridized carbons (Fsp3) is 0.320. The van der Waals surface area contributed by atoms with Crippen molar-refractivity contribution in [3.63, 3.8) is 0 Å². The number of rotatable bonds is 11. The van der Waals surface area contributed by atoms with Crippen molar-refractivity contribution in [1.82, 2.24) is 10.6 Å². The van der Waals surface area contributed by atoms with Gasteiger partial charge in [0.15, 0.2) is 0 Å². The zero-order chi connectivity index (χ0) is 24.2. The van der Waals surface area contributed by atoms with Gasteiger partial charge in [-0.2, -0.15) is 0 Å². The van der Waals surface area contributed by atoms with Crippen molar-refractivity contribution in [3.05, 3.63) is 65.4 Å². The maximum Gasteiger partial charge on any atom is 0.302 e. The highest BCUT2D eigenvalue weighted by molar-refractivity contribution is 6.05. The zero-order valence-corrected chi connectivity index (χ0v) is 19.3. The van der Waals surface area contributed by atoms with Crippen molar-refractivity contribution in [2.75, 3.05) is 26.9 Å². The minimum absolute atomic E-state index is 0.0304. The average Bonchev–Trinajstić information content (AvgIpc) is 2.80. The zero-order valence-electron chi connectivity index (χ0n) is 19.3. The maximum absolute atomic E-state index is 12.8. The summed E-state index contributed by atoms with van der Waals surface area (Å²) in [4.78, 5) is 36.4. The Morgan fingerprint density at radius 2 is 1.61 bits per heavy atom. The Balaban J connectivity index is 2.14. The van der Waals surface area contributed by atoms with E-state index >= 15 is 0 Å². The minimum atomic E-state index is -0.511. The number of carbonyl (C=O) groups is 3. The van der Waals surface area contributed by atoms with Crippen molar-refractivity contribution in [2.24, 2.45) is 5.92 Å². The largest absolute Gasteiger partial charge is 0.497 e. The van der Waals surface area contributed by atoms with Gasteiger partial charge in [-0.3, -0.25) is 14.4 Å². The van der Waals surface area contributed by atoms with Gasteiger partial charge in [-0.05, 0) is 54.0 Å². The molecule has 2 aromatic carbocycles. The predicted octanol–water partition coefficient (Wildman–Crippen LogP) is 3.18. The molecule has 0 spiro atoms. The summed E-state index contributed by atoms with van der Waals surface area (Å²) in [5.74, 6) is 0.328. The van der Waals surface area contributed by atoms with Crippen molar-refractivity contribution >= 4 is 23.9 Å². The number of benzene rings is 2. The molecule has 33 heavy (non-hydrogen) atoms. The van der Waals surface area contributed by atoms with Crippen LogP contribution in [0.2, 0.25) is 0 Å². The average molecular weight is 455 g/mol. The van der Waals surface area contributed by atoms with Crippen molar-refractivity contribution < 1.29 is 28.6 Å². The van der Waals surface area contributed by atoms with Crippen LogP contribution in [-0.2, 0) is 14.3 Å². The Labute approximate surface area is 193 Å². The van der Waals surface area contributed by atoms with Crippen LogP contribution in [0.3, 0.4) is 0 Å². The van der Waals surface area contributed by atoms with Crippen LogP contribution in [0.1, 0.15) is 36.7 Å². The Morgan fingerprint density at radius 3 is 2.18 bits per heavy atom. The molecular formula is C25H30N2O6. The molecule has 0 atom stereocenters. The van der Waals surface area contributed by atoms with Crippen LogP contribution in [-0.4, -0.2) is 44.7 Å². The summed E-state index contributed by atoms with van der Waals surface area (Å²) in [6.07, 6.45) is 1.55. The molecular weight excluding hydrogens is 424 g/mol. The lowest BCUT2D eigenvalue weighted by Crippen LogP contribution is -2.36. The third kappa shape index (κ3) is 9.06. The number of methoxy groups -OCH3 is 1. The third-order valence-corrected chi connectivity index (χ3v) is 4.31. The van der Waals surface area contributed by atoms with Gasteiger partial charge in [0.2, 0.25) is 0 Å². The van der Waals surface area contributed by atoms with Crippen molar-refractivity contribution in [1.29, 1.82) is 0 Å². The first-order valence-electron chi connectivity index (χ1n) is 10.6. The van der Waals surface area contributed by atoms with Gasteiger partial charge in [0.05, 0.1) is 20.3 Å².